The molecule has 0 aliphatic carbocycles. The van der Waals surface area contributed by atoms with Crippen molar-refractivity contribution in [2.45, 2.75) is 20.3 Å². The summed E-state index contributed by atoms with van der Waals surface area (Å²) < 4.78 is 0. The lowest BCUT2D eigenvalue weighted by atomic mass is 9.91. The van der Waals surface area contributed by atoms with E-state index in [1.54, 1.807) is 0 Å². The Morgan fingerprint density at radius 3 is 2.38 bits per heavy atom. The molecule has 0 aromatic rings. The van der Waals surface area contributed by atoms with Gasteiger partial charge in [0, 0.05) is 12.0 Å². The van der Waals surface area contributed by atoms with Crippen LogP contribution in [0.1, 0.15) is 20.3 Å². The molecule has 1 heterocycles. The average molecular weight is 112 g/mol. The van der Waals surface area contributed by atoms with Crippen LogP contribution < -0.4 is 5.73 Å². The minimum absolute atomic E-state index is 0.181. The van der Waals surface area contributed by atoms with Crippen molar-refractivity contribution in [2.24, 2.45) is 16.1 Å². The summed E-state index contributed by atoms with van der Waals surface area (Å²) >= 11 is 0. The minimum Gasteiger partial charge on any atom is -0.387 e. The van der Waals surface area contributed by atoms with Crippen LogP contribution in [0.25, 0.3) is 0 Å². The zero-order valence-corrected chi connectivity index (χ0v) is 5.44. The number of nitrogens with zero attached hydrogens (tertiary/aromatic N) is 1. The SMILES string of the molecule is CC1(C)CCN=C1N. The van der Waals surface area contributed by atoms with Crippen LogP contribution in [0.5, 0.6) is 0 Å². The van der Waals surface area contributed by atoms with Gasteiger partial charge in [-0.1, -0.05) is 13.8 Å². The molecule has 0 unspecified atom stereocenters. The van der Waals surface area contributed by atoms with Crippen LogP contribution in [0, 0.1) is 5.41 Å². The van der Waals surface area contributed by atoms with Crippen molar-refractivity contribution in [3.05, 3.63) is 0 Å². The second kappa shape index (κ2) is 1.47. The van der Waals surface area contributed by atoms with Gasteiger partial charge in [-0.05, 0) is 6.42 Å². The maximum atomic E-state index is 5.56. The molecular formula is C6H12N2. The first-order valence-electron chi connectivity index (χ1n) is 2.93. The number of rotatable bonds is 0. The third kappa shape index (κ3) is 0.703. The Balaban J connectivity index is 2.73. The van der Waals surface area contributed by atoms with Crippen molar-refractivity contribution >= 4 is 5.84 Å². The largest absolute Gasteiger partial charge is 0.387 e. The fourth-order valence-electron chi connectivity index (χ4n) is 0.798. The van der Waals surface area contributed by atoms with Gasteiger partial charge in [0.1, 0.15) is 0 Å². The Hall–Kier alpha value is -0.530. The van der Waals surface area contributed by atoms with E-state index in [2.05, 4.69) is 18.8 Å². The highest BCUT2D eigenvalue weighted by Gasteiger charge is 2.26. The van der Waals surface area contributed by atoms with Crippen LogP contribution in [0.4, 0.5) is 0 Å². The lowest BCUT2D eigenvalue weighted by Gasteiger charge is -2.15. The van der Waals surface area contributed by atoms with Crippen molar-refractivity contribution < 1.29 is 0 Å². The zero-order chi connectivity index (χ0) is 6.20. The molecule has 2 heteroatoms. The van der Waals surface area contributed by atoms with Crippen molar-refractivity contribution in [1.29, 1.82) is 0 Å². The van der Waals surface area contributed by atoms with Crippen molar-refractivity contribution in [3.63, 3.8) is 0 Å². The van der Waals surface area contributed by atoms with Crippen LogP contribution in [0.3, 0.4) is 0 Å². The maximum absolute atomic E-state index is 5.56. The predicted molar refractivity (Wildman–Crippen MR) is 34.9 cm³/mol. The number of hydrogen-bond donors (Lipinski definition) is 1. The molecule has 2 N–H and O–H groups in total. The third-order valence-electron chi connectivity index (χ3n) is 1.71. The van der Waals surface area contributed by atoms with Crippen LogP contribution in [0.2, 0.25) is 0 Å². The molecule has 46 valence electrons. The van der Waals surface area contributed by atoms with Crippen LogP contribution in [-0.4, -0.2) is 12.4 Å². The summed E-state index contributed by atoms with van der Waals surface area (Å²) in [7, 11) is 0. The average Bonchev–Trinajstić information content (AvgIpc) is 1.86. The molecule has 0 amide bonds. The molecule has 1 aliphatic heterocycles. The minimum atomic E-state index is 0.181. The molecule has 2 nitrogen and oxygen atoms in total. The van der Waals surface area contributed by atoms with E-state index in [1.807, 2.05) is 0 Å². The highest BCUT2D eigenvalue weighted by atomic mass is 14.9. The molecule has 1 aliphatic rings. The number of aliphatic imine (C=N–C) groups is 1. The molecule has 0 aromatic carbocycles. The summed E-state index contributed by atoms with van der Waals surface area (Å²) in [6, 6.07) is 0. The van der Waals surface area contributed by atoms with Crippen molar-refractivity contribution in [1.82, 2.24) is 0 Å². The summed E-state index contributed by atoms with van der Waals surface area (Å²) in [5, 5.41) is 0. The highest BCUT2D eigenvalue weighted by Crippen LogP contribution is 2.24. The molecule has 8 heavy (non-hydrogen) atoms. The molecule has 0 atom stereocenters. The fraction of sp³-hybridized carbons (Fsp3) is 0.833. The van der Waals surface area contributed by atoms with Gasteiger partial charge in [-0.15, -0.1) is 0 Å². The second-order valence-electron chi connectivity index (χ2n) is 2.90. The molecule has 0 saturated heterocycles. The van der Waals surface area contributed by atoms with E-state index in [0.29, 0.717) is 0 Å². The van der Waals surface area contributed by atoms with E-state index in [9.17, 15) is 0 Å². The van der Waals surface area contributed by atoms with Crippen molar-refractivity contribution in [3.8, 4) is 0 Å². The molecular weight excluding hydrogens is 100 g/mol. The molecule has 1 rings (SSSR count). The Bertz CT molecular complexity index is 124. The normalized spacial score (nSPS) is 25.5. The zero-order valence-electron chi connectivity index (χ0n) is 5.44. The topological polar surface area (TPSA) is 38.4 Å². The van der Waals surface area contributed by atoms with Gasteiger partial charge in [0.2, 0.25) is 0 Å². The summed E-state index contributed by atoms with van der Waals surface area (Å²) in [4.78, 5) is 4.08. The molecule has 0 saturated carbocycles. The van der Waals surface area contributed by atoms with E-state index in [-0.39, 0.29) is 5.41 Å². The summed E-state index contributed by atoms with van der Waals surface area (Å²) in [6.07, 6.45) is 1.11. The Labute approximate surface area is 49.8 Å². The molecule has 0 aromatic heterocycles. The maximum Gasteiger partial charge on any atom is 0.0994 e. The van der Waals surface area contributed by atoms with E-state index < -0.39 is 0 Å². The number of amidine groups is 1. The van der Waals surface area contributed by atoms with E-state index in [4.69, 9.17) is 5.73 Å². The van der Waals surface area contributed by atoms with E-state index >= 15 is 0 Å². The lowest BCUT2D eigenvalue weighted by molar-refractivity contribution is 0.515. The third-order valence-corrected chi connectivity index (χ3v) is 1.71. The molecule has 0 fully saturated rings. The van der Waals surface area contributed by atoms with E-state index in [1.165, 1.54) is 0 Å². The molecule has 0 radical (unpaired) electrons. The monoisotopic (exact) mass is 112 g/mol. The van der Waals surface area contributed by atoms with Gasteiger partial charge in [0.15, 0.2) is 0 Å². The predicted octanol–water partition coefficient (Wildman–Crippen LogP) is 0.774. The van der Waals surface area contributed by atoms with Gasteiger partial charge in [-0.2, -0.15) is 0 Å². The summed E-state index contributed by atoms with van der Waals surface area (Å²) in [5.74, 6) is 0.817. The Kier molecular flexibility index (Phi) is 1.03. The Morgan fingerprint density at radius 2 is 2.25 bits per heavy atom. The van der Waals surface area contributed by atoms with Crippen LogP contribution >= 0.6 is 0 Å². The van der Waals surface area contributed by atoms with Gasteiger partial charge in [0.05, 0.1) is 5.84 Å². The first-order valence-corrected chi connectivity index (χ1v) is 2.93. The van der Waals surface area contributed by atoms with Gasteiger partial charge in [-0.3, -0.25) is 4.99 Å². The Morgan fingerprint density at radius 1 is 1.62 bits per heavy atom. The van der Waals surface area contributed by atoms with Crippen LogP contribution in [-0.2, 0) is 0 Å². The van der Waals surface area contributed by atoms with Crippen LogP contribution in [0.15, 0.2) is 4.99 Å². The first kappa shape index (κ1) is 5.60. The second-order valence-corrected chi connectivity index (χ2v) is 2.90. The van der Waals surface area contributed by atoms with Gasteiger partial charge < -0.3 is 5.73 Å². The standard InChI is InChI=1S/C6H12N2/c1-6(2)3-4-8-5(6)7/h3-4H2,1-2H3,(H2,7,8). The first-order chi connectivity index (χ1) is 3.63. The van der Waals surface area contributed by atoms with Crippen molar-refractivity contribution in [2.75, 3.05) is 6.54 Å². The fourth-order valence-corrected chi connectivity index (χ4v) is 0.798. The lowest BCUT2D eigenvalue weighted by Crippen LogP contribution is -2.27. The molecule has 0 bridgehead atoms. The van der Waals surface area contributed by atoms with E-state index in [0.717, 1.165) is 18.8 Å². The number of hydrogen-bond acceptors (Lipinski definition) is 2. The molecule has 0 spiro atoms. The summed E-state index contributed by atoms with van der Waals surface area (Å²) in [6.45, 7) is 5.16. The van der Waals surface area contributed by atoms with Gasteiger partial charge in [-0.25, -0.2) is 0 Å². The quantitative estimate of drug-likeness (QED) is 0.494. The highest BCUT2D eigenvalue weighted by molar-refractivity contribution is 5.87. The number of nitrogens with two attached hydrogens (primary N) is 1. The van der Waals surface area contributed by atoms with Gasteiger partial charge in [0.25, 0.3) is 0 Å². The smallest absolute Gasteiger partial charge is 0.0994 e. The van der Waals surface area contributed by atoms with Gasteiger partial charge >= 0.3 is 0 Å². The summed E-state index contributed by atoms with van der Waals surface area (Å²) in [5.41, 5.74) is 5.74.